The summed E-state index contributed by atoms with van der Waals surface area (Å²) in [5.41, 5.74) is 4.17. The minimum Gasteiger partial charge on any atom is -0.339 e. The lowest BCUT2D eigenvalue weighted by atomic mass is 9.81. The predicted molar refractivity (Wildman–Crippen MR) is 114 cm³/mol. The third-order valence-corrected chi connectivity index (χ3v) is 5.74. The van der Waals surface area contributed by atoms with E-state index in [0.29, 0.717) is 6.42 Å². The summed E-state index contributed by atoms with van der Waals surface area (Å²) in [4.78, 5) is 17.3. The Morgan fingerprint density at radius 2 is 2.00 bits per heavy atom. The van der Waals surface area contributed by atoms with Crippen molar-refractivity contribution in [1.29, 1.82) is 0 Å². The Labute approximate surface area is 171 Å². The molecule has 5 heteroatoms. The van der Waals surface area contributed by atoms with E-state index < -0.39 is 5.54 Å². The third kappa shape index (κ3) is 4.32. The van der Waals surface area contributed by atoms with Crippen LogP contribution in [-0.2, 0) is 11.2 Å². The molecule has 148 valence electrons. The van der Waals surface area contributed by atoms with Crippen LogP contribution in [-0.4, -0.2) is 26.6 Å². The molecule has 0 saturated heterocycles. The first-order valence-electron chi connectivity index (χ1n) is 10.2. The Bertz CT molecular complexity index is 1080. The Morgan fingerprint density at radius 3 is 2.76 bits per heavy atom. The molecular formula is C24H26N4O. The lowest BCUT2D eigenvalue weighted by Crippen LogP contribution is -2.49. The lowest BCUT2D eigenvalue weighted by Gasteiger charge is -2.33. The molecule has 0 atom stereocenters. The van der Waals surface area contributed by atoms with Gasteiger partial charge in [-0.3, -0.25) is 14.9 Å². The van der Waals surface area contributed by atoms with Crippen molar-refractivity contribution in [3.63, 3.8) is 0 Å². The molecule has 3 aromatic rings. The maximum Gasteiger partial charge on any atom is 0.225 e. The quantitative estimate of drug-likeness (QED) is 0.669. The molecule has 0 unspecified atom stereocenters. The summed E-state index contributed by atoms with van der Waals surface area (Å²) in [6.07, 6.45) is 7.26. The number of pyridine rings is 1. The predicted octanol–water partition coefficient (Wildman–Crippen LogP) is 3.99. The van der Waals surface area contributed by atoms with Gasteiger partial charge in [0.25, 0.3) is 0 Å². The molecule has 4 rings (SSSR count). The topological polar surface area (TPSA) is 70.7 Å². The highest BCUT2D eigenvalue weighted by atomic mass is 16.1. The summed E-state index contributed by atoms with van der Waals surface area (Å²) in [5, 5.41) is 11.5. The van der Waals surface area contributed by atoms with E-state index in [9.17, 15) is 4.79 Å². The first kappa shape index (κ1) is 19.2. The molecule has 0 bridgehead atoms. The number of carbonyl (C=O) groups excluding carboxylic acids is 1. The summed E-state index contributed by atoms with van der Waals surface area (Å²) < 4.78 is 0. The van der Waals surface area contributed by atoms with E-state index in [1.54, 1.807) is 0 Å². The van der Waals surface area contributed by atoms with Gasteiger partial charge in [0.1, 0.15) is 5.54 Å². The van der Waals surface area contributed by atoms with Crippen molar-refractivity contribution in [2.45, 2.75) is 57.9 Å². The molecule has 0 radical (unpaired) electrons. The van der Waals surface area contributed by atoms with Crippen LogP contribution >= 0.6 is 0 Å². The second kappa shape index (κ2) is 8.08. The van der Waals surface area contributed by atoms with Crippen molar-refractivity contribution < 1.29 is 4.79 Å². The zero-order chi connectivity index (χ0) is 20.3. The van der Waals surface area contributed by atoms with E-state index >= 15 is 0 Å². The number of nitrogens with zero attached hydrogens (tertiary/aromatic N) is 2. The van der Waals surface area contributed by atoms with Gasteiger partial charge in [0.15, 0.2) is 0 Å². The third-order valence-electron chi connectivity index (χ3n) is 5.74. The number of benzene rings is 1. The Balaban J connectivity index is 1.56. The van der Waals surface area contributed by atoms with Gasteiger partial charge in [-0.2, -0.15) is 5.10 Å². The van der Waals surface area contributed by atoms with Crippen molar-refractivity contribution in [3.05, 3.63) is 59.0 Å². The number of nitrogens with one attached hydrogen (secondary N) is 2. The highest BCUT2D eigenvalue weighted by molar-refractivity contribution is 5.81. The number of aromatic amines is 1. The second-order valence-corrected chi connectivity index (χ2v) is 7.95. The average molecular weight is 386 g/mol. The van der Waals surface area contributed by atoms with Gasteiger partial charge in [-0.15, -0.1) is 0 Å². The average Bonchev–Trinajstić information content (AvgIpc) is 3.05. The van der Waals surface area contributed by atoms with Gasteiger partial charge in [-0.05, 0) is 38.8 Å². The highest BCUT2D eigenvalue weighted by Crippen LogP contribution is 2.28. The van der Waals surface area contributed by atoms with E-state index in [4.69, 9.17) is 0 Å². The minimum atomic E-state index is -0.466. The maximum absolute atomic E-state index is 12.8. The van der Waals surface area contributed by atoms with Crippen molar-refractivity contribution in [2.24, 2.45) is 0 Å². The summed E-state index contributed by atoms with van der Waals surface area (Å²) in [6.45, 7) is 3.88. The molecule has 1 aliphatic carbocycles. The van der Waals surface area contributed by atoms with Crippen LogP contribution in [0.15, 0.2) is 36.5 Å². The van der Waals surface area contributed by atoms with Gasteiger partial charge < -0.3 is 5.32 Å². The van der Waals surface area contributed by atoms with Gasteiger partial charge in [-0.25, -0.2) is 0 Å². The molecular weight excluding hydrogens is 360 g/mol. The van der Waals surface area contributed by atoms with Crippen LogP contribution in [0, 0.1) is 25.7 Å². The number of carbonyl (C=O) groups is 1. The van der Waals surface area contributed by atoms with Crippen molar-refractivity contribution >= 4 is 16.8 Å². The van der Waals surface area contributed by atoms with Gasteiger partial charge in [0, 0.05) is 28.4 Å². The fourth-order valence-electron chi connectivity index (χ4n) is 4.07. The van der Waals surface area contributed by atoms with Crippen molar-refractivity contribution in [2.75, 3.05) is 0 Å². The molecule has 1 aromatic carbocycles. The fraction of sp³-hybridized carbons (Fsp3) is 0.375. The first-order valence-corrected chi connectivity index (χ1v) is 10.2. The van der Waals surface area contributed by atoms with Gasteiger partial charge in [-0.1, -0.05) is 49.3 Å². The fourth-order valence-corrected chi connectivity index (χ4v) is 4.07. The smallest absolute Gasteiger partial charge is 0.225 e. The van der Waals surface area contributed by atoms with Crippen molar-refractivity contribution in [1.82, 2.24) is 20.5 Å². The molecule has 2 N–H and O–H groups in total. The molecule has 2 heterocycles. The van der Waals surface area contributed by atoms with Gasteiger partial charge in [0.05, 0.1) is 17.6 Å². The van der Waals surface area contributed by atoms with Gasteiger partial charge in [0.2, 0.25) is 5.91 Å². The molecule has 1 aliphatic rings. The number of hydrogen-bond donors (Lipinski definition) is 2. The minimum absolute atomic E-state index is 0.00503. The number of para-hydroxylation sites is 1. The number of H-pyrrole nitrogens is 1. The molecule has 1 saturated carbocycles. The molecule has 5 nitrogen and oxygen atoms in total. The Kier molecular flexibility index (Phi) is 5.35. The van der Waals surface area contributed by atoms with Crippen LogP contribution in [0.25, 0.3) is 10.9 Å². The lowest BCUT2D eigenvalue weighted by molar-refractivity contribution is -0.122. The number of fused-ring (bicyclic) bond motifs is 1. The normalized spacial score (nSPS) is 15.5. The zero-order valence-electron chi connectivity index (χ0n) is 17.0. The number of amides is 1. The van der Waals surface area contributed by atoms with E-state index in [-0.39, 0.29) is 5.91 Å². The number of aryl methyl sites for hydroxylation is 2. The SMILES string of the molecule is Cc1n[nH]c(C)c1CC(=O)NC1(C#Cc2cnc3ccccc3c2)CCCCC1. The largest absolute Gasteiger partial charge is 0.339 e. The van der Waals surface area contributed by atoms with Crippen LogP contribution in [0.3, 0.4) is 0 Å². The molecule has 1 amide bonds. The number of rotatable bonds is 3. The van der Waals surface area contributed by atoms with Gasteiger partial charge >= 0.3 is 0 Å². The Morgan fingerprint density at radius 1 is 1.21 bits per heavy atom. The van der Waals surface area contributed by atoms with Crippen LogP contribution in [0.2, 0.25) is 0 Å². The monoisotopic (exact) mass is 386 g/mol. The second-order valence-electron chi connectivity index (χ2n) is 7.95. The van der Waals surface area contributed by atoms with Crippen LogP contribution in [0.1, 0.15) is 54.6 Å². The van der Waals surface area contributed by atoms with E-state index in [1.165, 1.54) is 6.42 Å². The first-order chi connectivity index (χ1) is 14.0. The molecule has 2 aromatic heterocycles. The highest BCUT2D eigenvalue weighted by Gasteiger charge is 2.32. The molecule has 0 aliphatic heterocycles. The summed E-state index contributed by atoms with van der Waals surface area (Å²) in [7, 11) is 0. The molecule has 0 spiro atoms. The molecule has 29 heavy (non-hydrogen) atoms. The standard InChI is InChI=1S/C24H26N4O/c1-17-21(18(2)28-27-17)15-23(29)26-24(11-6-3-7-12-24)13-10-19-14-20-8-4-5-9-22(20)25-16-19/h4-5,8-9,14,16H,3,6-7,11-12,15H2,1-2H3,(H,26,29)(H,27,28). The van der Waals surface area contributed by atoms with E-state index in [0.717, 1.165) is 59.1 Å². The maximum atomic E-state index is 12.8. The summed E-state index contributed by atoms with van der Waals surface area (Å²) >= 11 is 0. The molecule has 1 fully saturated rings. The number of aromatic nitrogens is 3. The van der Waals surface area contributed by atoms with Crippen LogP contribution in [0.5, 0.6) is 0 Å². The summed E-state index contributed by atoms with van der Waals surface area (Å²) in [6, 6.07) is 10.1. The van der Waals surface area contributed by atoms with Crippen LogP contribution < -0.4 is 5.32 Å². The van der Waals surface area contributed by atoms with E-state index in [2.05, 4.69) is 38.4 Å². The van der Waals surface area contributed by atoms with Crippen molar-refractivity contribution in [3.8, 4) is 11.8 Å². The number of hydrogen-bond acceptors (Lipinski definition) is 3. The summed E-state index contributed by atoms with van der Waals surface area (Å²) in [5.74, 6) is 6.70. The zero-order valence-corrected chi connectivity index (χ0v) is 17.0. The van der Waals surface area contributed by atoms with Crippen LogP contribution in [0.4, 0.5) is 0 Å². The Hall–Kier alpha value is -3.13. The van der Waals surface area contributed by atoms with E-state index in [1.807, 2.05) is 44.3 Å².